The van der Waals surface area contributed by atoms with E-state index in [-0.39, 0.29) is 11.8 Å². The molecule has 0 aliphatic rings. The number of unbranched alkanes of at least 4 members (excludes halogenated alkanes) is 15. The summed E-state index contributed by atoms with van der Waals surface area (Å²) in [7, 11) is 14.4. The van der Waals surface area contributed by atoms with E-state index in [0.717, 1.165) is 198 Å². The first-order valence-electron chi connectivity index (χ1n) is 33.4. The first-order chi connectivity index (χ1) is 43.8. The molecule has 2 amide bonds. The van der Waals surface area contributed by atoms with Crippen LogP contribution in [0.3, 0.4) is 0 Å². The van der Waals surface area contributed by atoms with E-state index in [4.69, 9.17) is 40.4 Å². The highest BCUT2D eigenvalue weighted by atomic mass is 16.5. The second-order valence-electron chi connectivity index (χ2n) is 24.2. The van der Waals surface area contributed by atoms with Crippen LogP contribution in [0.25, 0.3) is 21.8 Å². The maximum absolute atomic E-state index is 13.3. The molecule has 4 aromatic carbocycles. The molecule has 8 N–H and O–H groups in total. The summed E-state index contributed by atoms with van der Waals surface area (Å²) < 4.78 is 21.8. The zero-order valence-corrected chi connectivity index (χ0v) is 56.0. The molecule has 0 aliphatic carbocycles. The number of carbonyl (C=O) groups excluding carboxylic acids is 2. The summed E-state index contributed by atoms with van der Waals surface area (Å²) in [5.74, 6) is 4.32. The predicted molar refractivity (Wildman–Crippen MR) is 373 cm³/mol. The minimum absolute atomic E-state index is 0.0769. The quantitative estimate of drug-likeness (QED) is 0.0196. The van der Waals surface area contributed by atoms with Gasteiger partial charge in [0.05, 0.1) is 39.5 Å². The maximum Gasteiger partial charge on any atom is 0.253 e. The van der Waals surface area contributed by atoms with Gasteiger partial charge in [-0.3, -0.25) is 9.59 Å². The molecule has 0 saturated carbocycles. The molecule has 2 heterocycles. The van der Waals surface area contributed by atoms with E-state index in [2.05, 4.69) is 43.2 Å². The Balaban J connectivity index is 0.668. The van der Waals surface area contributed by atoms with Gasteiger partial charge in [-0.2, -0.15) is 0 Å². The van der Waals surface area contributed by atoms with Crippen molar-refractivity contribution in [2.75, 3.05) is 143 Å². The number of anilines is 4. The van der Waals surface area contributed by atoms with Gasteiger partial charge in [0.25, 0.3) is 11.8 Å². The Kier molecular flexibility index (Phi) is 32.4. The Bertz CT molecular complexity index is 2870. The number of hydrogen-bond acceptors (Lipinski definition) is 16. The summed E-state index contributed by atoms with van der Waals surface area (Å²) in [5, 5.41) is 16.2. The molecule has 18 nitrogen and oxygen atoms in total. The monoisotopic (exact) mass is 1240 g/mol. The highest BCUT2D eigenvalue weighted by molar-refractivity contribution is 5.96. The normalized spacial score (nSPS) is 11.3. The number of nitrogens with zero attached hydrogens (tertiary/aromatic N) is 6. The van der Waals surface area contributed by atoms with Crippen molar-refractivity contribution >= 4 is 56.6 Å². The van der Waals surface area contributed by atoms with Crippen LogP contribution in [0.1, 0.15) is 160 Å². The van der Waals surface area contributed by atoms with E-state index in [1.54, 1.807) is 28.4 Å². The van der Waals surface area contributed by atoms with Crippen LogP contribution in [0.15, 0.2) is 84.9 Å². The molecule has 0 unspecified atom stereocenters. The molecular weight excluding hydrogens is 1130 g/mol. The number of rotatable bonds is 47. The number of fused-ring (bicyclic) bond motifs is 2. The molecule has 0 saturated heterocycles. The summed E-state index contributed by atoms with van der Waals surface area (Å²) in [4.78, 5) is 44.3. The van der Waals surface area contributed by atoms with E-state index >= 15 is 0 Å². The maximum atomic E-state index is 13.3. The van der Waals surface area contributed by atoms with Gasteiger partial charge in [-0.25, -0.2) is 9.97 Å². The van der Waals surface area contributed by atoms with Crippen molar-refractivity contribution in [1.82, 2.24) is 41.0 Å². The van der Waals surface area contributed by atoms with Crippen molar-refractivity contribution in [3.63, 3.8) is 0 Å². The molecule has 494 valence electrons. The molecular formula is C72H110N12O6. The number of pyridine rings is 2. The number of nitrogens with two attached hydrogens (primary N) is 2. The molecule has 0 fully saturated rings. The van der Waals surface area contributed by atoms with Crippen LogP contribution < -0.4 is 61.5 Å². The summed E-state index contributed by atoms with van der Waals surface area (Å²) >= 11 is 0. The minimum Gasteiger partial charge on any atom is -0.493 e. The number of aromatic nitrogens is 2. The van der Waals surface area contributed by atoms with Crippen LogP contribution >= 0.6 is 0 Å². The van der Waals surface area contributed by atoms with Crippen LogP contribution in [0.2, 0.25) is 0 Å². The van der Waals surface area contributed by atoms with Gasteiger partial charge < -0.3 is 71.3 Å². The number of nitrogens with one attached hydrogen (secondary N) is 4. The Morgan fingerprint density at radius 1 is 0.389 bits per heavy atom. The first-order valence-corrected chi connectivity index (χ1v) is 33.4. The minimum atomic E-state index is 0.0769. The number of ether oxygens (including phenoxy) is 4. The molecule has 2 aromatic heterocycles. The molecule has 0 spiro atoms. The number of nitrogen functional groups attached to an aromatic ring is 2. The van der Waals surface area contributed by atoms with Crippen LogP contribution in [0.4, 0.5) is 23.0 Å². The zero-order chi connectivity index (χ0) is 64.3. The van der Waals surface area contributed by atoms with Crippen LogP contribution in [-0.2, 0) is 13.1 Å². The average Bonchev–Trinajstić information content (AvgIpc) is 1.55. The number of carbonyl (C=O) groups is 2. The average molecular weight is 1240 g/mol. The van der Waals surface area contributed by atoms with Crippen molar-refractivity contribution in [3.8, 4) is 23.0 Å². The summed E-state index contributed by atoms with van der Waals surface area (Å²) in [5.41, 5.74) is 19.5. The largest absolute Gasteiger partial charge is 0.493 e. The van der Waals surface area contributed by atoms with Gasteiger partial charge in [0, 0.05) is 125 Å². The van der Waals surface area contributed by atoms with Crippen LogP contribution in [0, 0.1) is 0 Å². The molecule has 0 aliphatic heterocycles. The number of methoxy groups -OCH3 is 4. The van der Waals surface area contributed by atoms with Gasteiger partial charge in [0.2, 0.25) is 0 Å². The fourth-order valence-electron chi connectivity index (χ4n) is 11.4. The first kappa shape index (κ1) is 71.9. The third-order valence-electron chi connectivity index (χ3n) is 17.0. The van der Waals surface area contributed by atoms with Crippen molar-refractivity contribution in [2.45, 2.75) is 142 Å². The van der Waals surface area contributed by atoms with Crippen LogP contribution in [0.5, 0.6) is 23.0 Å². The Hall–Kier alpha value is -7.12. The molecule has 18 heteroatoms. The van der Waals surface area contributed by atoms with Crippen molar-refractivity contribution in [2.24, 2.45) is 0 Å². The fourth-order valence-corrected chi connectivity index (χ4v) is 11.4. The van der Waals surface area contributed by atoms with Crippen molar-refractivity contribution in [1.29, 1.82) is 0 Å². The molecule has 6 rings (SSSR count). The van der Waals surface area contributed by atoms with E-state index < -0.39 is 0 Å². The Morgan fingerprint density at radius 3 is 1.04 bits per heavy atom. The topological polar surface area (TPSA) is 210 Å². The number of amides is 2. The van der Waals surface area contributed by atoms with Gasteiger partial charge in [0.15, 0.2) is 23.0 Å². The lowest BCUT2D eigenvalue weighted by Crippen LogP contribution is -2.28. The molecule has 0 atom stereocenters. The third-order valence-corrected chi connectivity index (χ3v) is 17.0. The van der Waals surface area contributed by atoms with Gasteiger partial charge in [-0.05, 0) is 151 Å². The number of benzene rings is 4. The molecule has 6 aromatic rings. The van der Waals surface area contributed by atoms with Gasteiger partial charge in [0.1, 0.15) is 11.6 Å². The zero-order valence-electron chi connectivity index (χ0n) is 56.0. The summed E-state index contributed by atoms with van der Waals surface area (Å²) in [6.07, 6.45) is 23.0. The Labute approximate surface area is 538 Å². The highest BCUT2D eigenvalue weighted by Gasteiger charge is 2.17. The SMILES string of the molecule is COc1cc2nc(N(C)CCCCCCN(C)C(=O)c3cccc(CNCCCCCCNCCCCCCNCCCCCCNCc4cccc(C(=O)N(C)CCCCCCN(C)c5cc(N)c6cc(OC)c(OC)cc6n5)c4)c3)cc(N)c2cc1OC. The second kappa shape index (κ2) is 40.6. The van der Waals surface area contributed by atoms with E-state index in [1.807, 2.05) is 111 Å². The van der Waals surface area contributed by atoms with Crippen LogP contribution in [-0.4, -0.2) is 154 Å². The van der Waals surface area contributed by atoms with Gasteiger partial charge in [-0.1, -0.05) is 88.5 Å². The number of hydrogen-bond donors (Lipinski definition) is 6. The van der Waals surface area contributed by atoms with Gasteiger partial charge >= 0.3 is 0 Å². The van der Waals surface area contributed by atoms with E-state index in [0.29, 0.717) is 34.4 Å². The standard InChI is InChI=1S/C72H110N12O6/c1-81(69-49-61(73)59-47-65(87-5)67(89-7)51-63(59)79-69)41-25-15-17-27-43-83(3)71(85)57-33-29-31-55(45-57)53-77-39-23-13-11-21-37-75-35-19-9-10-20-36-76-38-22-12-14-24-40-78-54-56-32-30-34-58(46-56)72(86)84(4)44-28-18-16-26-42-82(2)70-50-62(74)60-48-66(88-6)68(90-8)52-64(60)80-70/h29-34,45-52,75-78H,9-28,35-44,53-54H2,1-8H3,(H2,73,79)(H2,74,80). The fraction of sp³-hybridized carbons (Fsp3) is 0.556. The summed E-state index contributed by atoms with van der Waals surface area (Å²) in [6, 6.07) is 27.4. The summed E-state index contributed by atoms with van der Waals surface area (Å²) in [6.45, 7) is 11.1. The lowest BCUT2D eigenvalue weighted by Gasteiger charge is -2.20. The molecule has 0 bridgehead atoms. The molecule has 0 radical (unpaired) electrons. The van der Waals surface area contributed by atoms with Gasteiger partial charge in [-0.15, -0.1) is 0 Å². The second-order valence-corrected chi connectivity index (χ2v) is 24.2. The highest BCUT2D eigenvalue weighted by Crippen LogP contribution is 2.37. The van der Waals surface area contributed by atoms with E-state index in [1.165, 1.54) is 64.2 Å². The van der Waals surface area contributed by atoms with E-state index in [9.17, 15) is 9.59 Å². The van der Waals surface area contributed by atoms with Crippen molar-refractivity contribution < 1.29 is 28.5 Å². The smallest absolute Gasteiger partial charge is 0.253 e. The van der Waals surface area contributed by atoms with Crippen molar-refractivity contribution in [3.05, 3.63) is 107 Å². The lowest BCUT2D eigenvalue weighted by atomic mass is 10.1. The lowest BCUT2D eigenvalue weighted by molar-refractivity contribution is 0.0785. The molecule has 90 heavy (non-hydrogen) atoms. The third kappa shape index (κ3) is 24.3. The predicted octanol–water partition coefficient (Wildman–Crippen LogP) is 12.3. The Morgan fingerprint density at radius 2 is 0.700 bits per heavy atom.